The maximum atomic E-state index is 12.0. The van der Waals surface area contributed by atoms with E-state index in [0.29, 0.717) is 11.6 Å². The molecule has 0 saturated carbocycles. The molecule has 0 N–H and O–H groups in total. The monoisotopic (exact) mass is 383 g/mol. The first kappa shape index (κ1) is 16.7. The van der Waals surface area contributed by atoms with Crippen molar-refractivity contribution < 1.29 is 9.53 Å². The second-order valence-corrected chi connectivity index (χ2v) is 6.61. The predicted molar refractivity (Wildman–Crippen MR) is 99.8 cm³/mol. The van der Waals surface area contributed by atoms with E-state index in [9.17, 15) is 4.79 Å². The van der Waals surface area contributed by atoms with Crippen molar-refractivity contribution in [3.63, 3.8) is 0 Å². The van der Waals surface area contributed by atoms with Crippen LogP contribution in [0.25, 0.3) is 6.08 Å². The molecule has 122 valence electrons. The van der Waals surface area contributed by atoms with Gasteiger partial charge in [-0.1, -0.05) is 53.5 Å². The molecule has 1 heterocycles. The number of cyclic esters (lactones) is 1. The van der Waals surface area contributed by atoms with E-state index in [-0.39, 0.29) is 0 Å². The van der Waals surface area contributed by atoms with Gasteiger partial charge in [-0.3, -0.25) is 0 Å². The summed E-state index contributed by atoms with van der Waals surface area (Å²) >= 11 is 3.42. The van der Waals surface area contributed by atoms with Crippen molar-refractivity contribution in [3.8, 4) is 0 Å². The first-order valence-electron chi connectivity index (χ1n) is 8.03. The van der Waals surface area contributed by atoms with Crippen molar-refractivity contribution in [2.24, 2.45) is 4.99 Å². The lowest BCUT2D eigenvalue weighted by atomic mass is 10.1. The summed E-state index contributed by atoms with van der Waals surface area (Å²) in [5, 5.41) is 0. The maximum absolute atomic E-state index is 12.0. The fourth-order valence-corrected chi connectivity index (χ4v) is 2.90. The minimum Gasteiger partial charge on any atom is -0.402 e. The number of halogens is 1. The summed E-state index contributed by atoms with van der Waals surface area (Å²) in [5.41, 5.74) is 3.33. The van der Waals surface area contributed by atoms with E-state index < -0.39 is 5.97 Å². The largest absolute Gasteiger partial charge is 0.402 e. The second kappa shape index (κ2) is 7.58. The fourth-order valence-electron chi connectivity index (χ4n) is 2.48. The summed E-state index contributed by atoms with van der Waals surface area (Å²) in [6.07, 6.45) is 5.15. The van der Waals surface area contributed by atoms with Gasteiger partial charge < -0.3 is 4.74 Å². The molecule has 0 unspecified atom stereocenters. The SMILES string of the molecule is CCCCc1ccc(C2=N/C(=C\c3cccc(Br)c3)C(=O)O2)cc1. The van der Waals surface area contributed by atoms with Gasteiger partial charge >= 0.3 is 5.97 Å². The van der Waals surface area contributed by atoms with Gasteiger partial charge in [-0.15, -0.1) is 0 Å². The summed E-state index contributed by atoms with van der Waals surface area (Å²) in [4.78, 5) is 16.4. The molecule has 0 radical (unpaired) electrons. The number of carbonyl (C=O) groups is 1. The second-order valence-electron chi connectivity index (χ2n) is 5.69. The van der Waals surface area contributed by atoms with E-state index in [1.165, 1.54) is 18.4 Å². The molecular weight excluding hydrogens is 366 g/mol. The lowest BCUT2D eigenvalue weighted by Gasteiger charge is -2.02. The maximum Gasteiger partial charge on any atom is 0.363 e. The zero-order valence-electron chi connectivity index (χ0n) is 13.5. The molecule has 1 aliphatic rings. The number of unbranched alkanes of at least 4 members (excludes halogenated alkanes) is 1. The van der Waals surface area contributed by atoms with Crippen molar-refractivity contribution >= 4 is 33.9 Å². The summed E-state index contributed by atoms with van der Waals surface area (Å²) in [5.74, 6) is -0.0525. The van der Waals surface area contributed by atoms with Crippen LogP contribution in [0.5, 0.6) is 0 Å². The summed E-state index contributed by atoms with van der Waals surface area (Å²) in [6, 6.07) is 15.7. The number of nitrogens with zero attached hydrogens (tertiary/aromatic N) is 1. The molecule has 0 aliphatic carbocycles. The van der Waals surface area contributed by atoms with Gasteiger partial charge in [-0.25, -0.2) is 9.79 Å². The van der Waals surface area contributed by atoms with Crippen LogP contribution >= 0.6 is 15.9 Å². The molecule has 24 heavy (non-hydrogen) atoms. The van der Waals surface area contributed by atoms with Gasteiger partial charge in [0.15, 0.2) is 5.70 Å². The van der Waals surface area contributed by atoms with E-state index in [1.54, 1.807) is 6.08 Å². The minimum absolute atomic E-state index is 0.318. The molecule has 0 saturated heterocycles. The Morgan fingerprint density at radius 3 is 2.67 bits per heavy atom. The van der Waals surface area contributed by atoms with Gasteiger partial charge in [0.1, 0.15) is 0 Å². The lowest BCUT2D eigenvalue weighted by Crippen LogP contribution is -2.05. The van der Waals surface area contributed by atoms with Crippen molar-refractivity contribution in [1.29, 1.82) is 0 Å². The quantitative estimate of drug-likeness (QED) is 0.529. The highest BCUT2D eigenvalue weighted by Gasteiger charge is 2.24. The van der Waals surface area contributed by atoms with Crippen LogP contribution in [0, 0.1) is 0 Å². The van der Waals surface area contributed by atoms with Crippen LogP contribution in [0.15, 0.2) is 63.7 Å². The van der Waals surface area contributed by atoms with Crippen molar-refractivity contribution in [3.05, 3.63) is 75.4 Å². The van der Waals surface area contributed by atoms with Gasteiger partial charge in [0.05, 0.1) is 0 Å². The van der Waals surface area contributed by atoms with E-state index in [0.717, 1.165) is 22.0 Å². The molecule has 4 heteroatoms. The van der Waals surface area contributed by atoms with Crippen LogP contribution in [-0.2, 0) is 16.0 Å². The van der Waals surface area contributed by atoms with E-state index in [1.807, 2.05) is 36.4 Å². The smallest absolute Gasteiger partial charge is 0.363 e. The van der Waals surface area contributed by atoms with Gasteiger partial charge in [0.25, 0.3) is 0 Å². The first-order chi connectivity index (χ1) is 11.7. The van der Waals surface area contributed by atoms with Crippen molar-refractivity contribution in [1.82, 2.24) is 0 Å². The number of esters is 1. The van der Waals surface area contributed by atoms with E-state index in [2.05, 4.69) is 40.0 Å². The molecular formula is C20H18BrNO2. The Morgan fingerprint density at radius 2 is 1.96 bits per heavy atom. The van der Waals surface area contributed by atoms with Crippen LogP contribution in [0.2, 0.25) is 0 Å². The number of carbonyl (C=O) groups excluding carboxylic acids is 1. The summed E-state index contributed by atoms with van der Waals surface area (Å²) < 4.78 is 6.27. The Balaban J connectivity index is 1.81. The Morgan fingerprint density at radius 1 is 1.17 bits per heavy atom. The molecule has 0 bridgehead atoms. The molecule has 0 aromatic heterocycles. The lowest BCUT2D eigenvalue weighted by molar-refractivity contribution is -0.129. The number of aryl methyl sites for hydroxylation is 1. The highest BCUT2D eigenvalue weighted by molar-refractivity contribution is 9.10. The van der Waals surface area contributed by atoms with E-state index >= 15 is 0 Å². The van der Waals surface area contributed by atoms with Crippen LogP contribution < -0.4 is 0 Å². The van der Waals surface area contributed by atoms with Crippen molar-refractivity contribution in [2.75, 3.05) is 0 Å². The number of rotatable bonds is 5. The molecule has 3 nitrogen and oxygen atoms in total. The third-order valence-electron chi connectivity index (χ3n) is 3.79. The molecule has 0 atom stereocenters. The summed E-state index contributed by atoms with van der Waals surface area (Å²) in [7, 11) is 0. The first-order valence-corrected chi connectivity index (χ1v) is 8.82. The van der Waals surface area contributed by atoms with Gasteiger partial charge in [-0.05, 0) is 54.3 Å². The molecule has 1 aliphatic heterocycles. The third-order valence-corrected chi connectivity index (χ3v) is 4.29. The zero-order chi connectivity index (χ0) is 16.9. The number of hydrogen-bond donors (Lipinski definition) is 0. The Labute approximate surface area is 150 Å². The molecule has 0 spiro atoms. The molecule has 2 aromatic rings. The van der Waals surface area contributed by atoms with Gasteiger partial charge in [0, 0.05) is 10.0 Å². The highest BCUT2D eigenvalue weighted by Crippen LogP contribution is 2.21. The van der Waals surface area contributed by atoms with Crippen LogP contribution in [-0.4, -0.2) is 11.9 Å². The average molecular weight is 384 g/mol. The third kappa shape index (κ3) is 4.01. The van der Waals surface area contributed by atoms with E-state index in [4.69, 9.17) is 4.74 Å². The molecule has 3 rings (SSSR count). The number of benzene rings is 2. The number of aliphatic imine (C=N–C) groups is 1. The van der Waals surface area contributed by atoms with Crippen molar-refractivity contribution in [2.45, 2.75) is 26.2 Å². The normalized spacial score (nSPS) is 15.5. The van der Waals surface area contributed by atoms with Gasteiger partial charge in [-0.2, -0.15) is 0 Å². The Kier molecular flexibility index (Phi) is 5.26. The number of ether oxygens (including phenoxy) is 1. The predicted octanol–water partition coefficient (Wildman–Crippen LogP) is 5.14. The summed E-state index contributed by atoms with van der Waals surface area (Å²) in [6.45, 7) is 2.18. The highest BCUT2D eigenvalue weighted by atomic mass is 79.9. The topological polar surface area (TPSA) is 38.7 Å². The molecule has 0 amide bonds. The average Bonchev–Trinajstić information content (AvgIpc) is 2.94. The van der Waals surface area contributed by atoms with Crippen LogP contribution in [0.3, 0.4) is 0 Å². The zero-order valence-corrected chi connectivity index (χ0v) is 15.0. The Bertz CT molecular complexity index is 807. The Hall–Kier alpha value is -2.20. The standard InChI is InChI=1S/C20H18BrNO2/c1-2-3-5-14-8-10-16(11-9-14)19-22-18(20(23)24-19)13-15-6-4-7-17(21)12-15/h4,6-13H,2-3,5H2,1H3/b18-13-. The van der Waals surface area contributed by atoms with Crippen LogP contribution in [0.1, 0.15) is 36.5 Å². The minimum atomic E-state index is -0.417. The van der Waals surface area contributed by atoms with Crippen LogP contribution in [0.4, 0.5) is 0 Å². The molecule has 0 fully saturated rings. The van der Waals surface area contributed by atoms with Gasteiger partial charge in [0.2, 0.25) is 5.90 Å². The fraction of sp³-hybridized carbons (Fsp3) is 0.200. The number of hydrogen-bond acceptors (Lipinski definition) is 3. The molecule has 2 aromatic carbocycles.